The number of benzene rings is 2. The molecule has 0 radical (unpaired) electrons. The van der Waals surface area contributed by atoms with E-state index in [0.29, 0.717) is 0 Å². The van der Waals surface area contributed by atoms with Gasteiger partial charge in [-0.3, -0.25) is 0 Å². The first-order valence-corrected chi connectivity index (χ1v) is 8.11. The van der Waals surface area contributed by atoms with Gasteiger partial charge < -0.3 is 0 Å². The Morgan fingerprint density at radius 2 is 1.14 bits per heavy atom. The molecule has 0 saturated carbocycles. The van der Waals surface area contributed by atoms with Gasteiger partial charge in [0.25, 0.3) is 0 Å². The second kappa shape index (κ2) is 3.80. The van der Waals surface area contributed by atoms with Crippen LogP contribution in [0.25, 0.3) is 0 Å². The molecule has 0 N–H and O–H groups in total. The van der Waals surface area contributed by atoms with Gasteiger partial charge in [-0.15, -0.1) is 0 Å². The molecule has 0 fully saturated rings. The Kier molecular flexibility index (Phi) is 2.37. The van der Waals surface area contributed by atoms with E-state index in [2.05, 4.69) is 76.2 Å². The molecule has 0 nitrogen and oxygen atoms in total. The largest absolute Gasteiger partial charge is 0.0619 e. The van der Waals surface area contributed by atoms with Crippen LogP contribution in [0.15, 0.2) is 48.5 Å². The molecule has 0 saturated heterocycles. The molecule has 21 heavy (non-hydrogen) atoms. The van der Waals surface area contributed by atoms with Crippen LogP contribution in [-0.2, 0) is 10.8 Å². The third kappa shape index (κ3) is 1.36. The summed E-state index contributed by atoms with van der Waals surface area (Å²) in [6.07, 6.45) is 2.53. The molecule has 0 aromatic heterocycles. The second-order valence-corrected chi connectivity index (χ2v) is 8.08. The molecule has 0 atom stereocenters. The first-order chi connectivity index (χ1) is 9.91. The maximum atomic E-state index is 2.44. The van der Waals surface area contributed by atoms with Gasteiger partial charge in [-0.2, -0.15) is 0 Å². The number of hydrogen-bond acceptors (Lipinski definition) is 0. The fourth-order valence-electron chi connectivity index (χ4n) is 5.12. The average Bonchev–Trinajstić information content (AvgIpc) is 2.47. The lowest BCUT2D eigenvalue weighted by Gasteiger charge is -2.59. The molecule has 2 bridgehead atoms. The highest BCUT2D eigenvalue weighted by molar-refractivity contribution is 5.63. The van der Waals surface area contributed by atoms with Gasteiger partial charge >= 0.3 is 0 Å². The minimum absolute atomic E-state index is 0.165. The van der Waals surface area contributed by atoms with E-state index in [4.69, 9.17) is 0 Å². The zero-order valence-electron chi connectivity index (χ0n) is 13.5. The molecule has 0 amide bonds. The molecule has 2 aromatic rings. The number of rotatable bonds is 0. The summed E-state index contributed by atoms with van der Waals surface area (Å²) in [6.45, 7) is 9.67. The SMILES string of the molecule is CC12CCC(C(C)(C)C)(c3ccccc31)c1ccccc12. The third-order valence-electron chi connectivity index (χ3n) is 6.24. The van der Waals surface area contributed by atoms with E-state index in [-0.39, 0.29) is 16.2 Å². The molecule has 3 aliphatic carbocycles. The summed E-state index contributed by atoms with van der Waals surface area (Å²) in [5.74, 6) is 0. The van der Waals surface area contributed by atoms with Gasteiger partial charge in [-0.25, -0.2) is 0 Å². The van der Waals surface area contributed by atoms with Gasteiger partial charge in [0.15, 0.2) is 0 Å². The Bertz CT molecular complexity index is 667. The predicted molar refractivity (Wildman–Crippen MR) is 88.8 cm³/mol. The zero-order valence-corrected chi connectivity index (χ0v) is 13.5. The maximum absolute atomic E-state index is 2.44. The third-order valence-corrected chi connectivity index (χ3v) is 6.24. The summed E-state index contributed by atoms with van der Waals surface area (Å²) in [5.41, 5.74) is 6.85. The number of fused-ring (bicyclic) bond motifs is 1. The molecule has 0 spiro atoms. The molecule has 0 heterocycles. The summed E-state index contributed by atoms with van der Waals surface area (Å²) >= 11 is 0. The molecule has 0 aliphatic heterocycles. The second-order valence-electron chi connectivity index (χ2n) is 8.08. The Labute approximate surface area is 128 Å². The van der Waals surface area contributed by atoms with Crippen molar-refractivity contribution in [1.29, 1.82) is 0 Å². The minimum Gasteiger partial charge on any atom is -0.0619 e. The lowest BCUT2D eigenvalue weighted by molar-refractivity contribution is 0.159. The predicted octanol–water partition coefficient (Wildman–Crippen LogP) is 5.43. The molecular weight excluding hydrogens is 252 g/mol. The van der Waals surface area contributed by atoms with E-state index >= 15 is 0 Å². The molecular formula is C21H24. The van der Waals surface area contributed by atoms with Crippen molar-refractivity contribution in [2.45, 2.75) is 51.4 Å². The molecule has 5 rings (SSSR count). The van der Waals surface area contributed by atoms with Crippen molar-refractivity contribution >= 4 is 0 Å². The van der Waals surface area contributed by atoms with Gasteiger partial charge in [0.2, 0.25) is 0 Å². The van der Waals surface area contributed by atoms with Gasteiger partial charge in [-0.05, 0) is 40.5 Å². The summed E-state index contributed by atoms with van der Waals surface area (Å²) in [6, 6.07) is 18.4. The number of hydrogen-bond donors (Lipinski definition) is 0. The van der Waals surface area contributed by atoms with Crippen molar-refractivity contribution in [2.24, 2.45) is 5.41 Å². The monoisotopic (exact) mass is 276 g/mol. The van der Waals surface area contributed by atoms with Crippen molar-refractivity contribution in [3.05, 3.63) is 70.8 Å². The van der Waals surface area contributed by atoms with E-state index in [1.54, 1.807) is 22.3 Å². The van der Waals surface area contributed by atoms with Crippen molar-refractivity contribution in [3.8, 4) is 0 Å². The Morgan fingerprint density at radius 3 is 1.57 bits per heavy atom. The Balaban J connectivity index is 2.18. The van der Waals surface area contributed by atoms with Crippen molar-refractivity contribution in [2.75, 3.05) is 0 Å². The first-order valence-electron chi connectivity index (χ1n) is 8.11. The van der Waals surface area contributed by atoms with E-state index in [9.17, 15) is 0 Å². The Morgan fingerprint density at radius 1 is 0.714 bits per heavy atom. The Hall–Kier alpha value is -1.56. The molecule has 3 aliphatic rings. The van der Waals surface area contributed by atoms with E-state index < -0.39 is 0 Å². The van der Waals surface area contributed by atoms with Crippen molar-refractivity contribution in [1.82, 2.24) is 0 Å². The molecule has 108 valence electrons. The highest BCUT2D eigenvalue weighted by Crippen LogP contribution is 2.64. The lowest BCUT2D eigenvalue weighted by Crippen LogP contribution is -2.53. The van der Waals surface area contributed by atoms with E-state index in [1.807, 2.05) is 0 Å². The van der Waals surface area contributed by atoms with Crippen LogP contribution in [0.5, 0.6) is 0 Å². The summed E-state index contributed by atoms with van der Waals surface area (Å²) in [4.78, 5) is 0. The van der Waals surface area contributed by atoms with E-state index in [0.717, 1.165) is 0 Å². The normalized spacial score (nSPS) is 29.9. The van der Waals surface area contributed by atoms with Crippen LogP contribution >= 0.6 is 0 Å². The first kappa shape index (κ1) is 13.1. The standard InChI is InChI=1S/C21H24/c1-19(2,3)21-14-13-20(4,15-9-5-7-11-17(15)21)16-10-6-8-12-18(16)21/h5-12H,13-14H2,1-4H3. The van der Waals surface area contributed by atoms with E-state index in [1.165, 1.54) is 12.8 Å². The van der Waals surface area contributed by atoms with Gasteiger partial charge in [0, 0.05) is 10.8 Å². The summed E-state index contributed by atoms with van der Waals surface area (Å²) in [7, 11) is 0. The van der Waals surface area contributed by atoms with Crippen LogP contribution in [0.3, 0.4) is 0 Å². The lowest BCUT2D eigenvalue weighted by atomic mass is 9.44. The van der Waals surface area contributed by atoms with Crippen LogP contribution in [0, 0.1) is 5.41 Å². The average molecular weight is 276 g/mol. The van der Waals surface area contributed by atoms with Crippen molar-refractivity contribution < 1.29 is 0 Å². The van der Waals surface area contributed by atoms with Crippen LogP contribution in [-0.4, -0.2) is 0 Å². The topological polar surface area (TPSA) is 0 Å². The van der Waals surface area contributed by atoms with Crippen LogP contribution in [0.2, 0.25) is 0 Å². The smallest absolute Gasteiger partial charge is 0.0257 e. The molecule has 0 heteroatoms. The fraction of sp³-hybridized carbons (Fsp3) is 0.429. The molecule has 0 unspecified atom stereocenters. The fourth-order valence-corrected chi connectivity index (χ4v) is 5.12. The van der Waals surface area contributed by atoms with Crippen LogP contribution < -0.4 is 0 Å². The highest BCUT2D eigenvalue weighted by atomic mass is 14.6. The van der Waals surface area contributed by atoms with Crippen LogP contribution in [0.4, 0.5) is 0 Å². The maximum Gasteiger partial charge on any atom is 0.0257 e. The summed E-state index contributed by atoms with van der Waals surface area (Å²) < 4.78 is 0. The molecule has 2 aromatic carbocycles. The van der Waals surface area contributed by atoms with Gasteiger partial charge in [0.05, 0.1) is 0 Å². The van der Waals surface area contributed by atoms with Gasteiger partial charge in [-0.1, -0.05) is 76.2 Å². The van der Waals surface area contributed by atoms with Crippen molar-refractivity contribution in [3.63, 3.8) is 0 Å². The van der Waals surface area contributed by atoms with Gasteiger partial charge in [0.1, 0.15) is 0 Å². The summed E-state index contributed by atoms with van der Waals surface area (Å²) in [5, 5.41) is 0. The minimum atomic E-state index is 0.165. The quantitative estimate of drug-likeness (QED) is 0.601. The highest BCUT2D eigenvalue weighted by Gasteiger charge is 2.57. The van der Waals surface area contributed by atoms with Crippen LogP contribution in [0.1, 0.15) is 62.8 Å². The zero-order chi connectivity index (χ0) is 14.9.